The van der Waals surface area contributed by atoms with Gasteiger partial charge in [-0.2, -0.15) is 0 Å². The number of carboxylic acids is 1. The molecule has 1 heterocycles. The lowest BCUT2D eigenvalue weighted by Crippen LogP contribution is -2.28. The zero-order valence-electron chi connectivity index (χ0n) is 18.0. The third-order valence-corrected chi connectivity index (χ3v) is 5.92. The third-order valence-electron chi connectivity index (χ3n) is 5.92. The largest absolute Gasteiger partial charge is 0.480 e. The molecule has 7 heteroatoms. The predicted octanol–water partition coefficient (Wildman–Crippen LogP) is 5.40. The van der Waals surface area contributed by atoms with Gasteiger partial charge in [-0.25, -0.2) is 9.78 Å². The van der Waals surface area contributed by atoms with E-state index in [2.05, 4.69) is 29.4 Å². The van der Waals surface area contributed by atoms with E-state index in [1.807, 2.05) is 36.4 Å². The number of carbonyl (C=O) groups is 2. The van der Waals surface area contributed by atoms with Crippen LogP contribution in [-0.2, 0) is 4.79 Å². The average molecular weight is 454 g/mol. The summed E-state index contributed by atoms with van der Waals surface area (Å²) in [5, 5.41) is 12.7. The fourth-order valence-corrected chi connectivity index (χ4v) is 4.31. The molecule has 1 aliphatic carbocycles. The molecule has 1 unspecified atom stereocenters. The zero-order chi connectivity index (χ0) is 21.8. The number of halogens is 1. The number of carboxylic acid groups (broad SMARTS) is 1. The van der Waals surface area contributed by atoms with Crippen LogP contribution >= 0.6 is 12.4 Å². The van der Waals surface area contributed by atoms with E-state index >= 15 is 0 Å². The number of hydrogen-bond donors (Lipinski definition) is 2. The monoisotopic (exact) mass is 453 g/mol. The van der Waals surface area contributed by atoms with Gasteiger partial charge in [0.15, 0.2) is 0 Å². The van der Waals surface area contributed by atoms with Crippen LogP contribution in [-0.4, -0.2) is 26.5 Å². The van der Waals surface area contributed by atoms with Crippen molar-refractivity contribution in [2.75, 3.05) is 0 Å². The van der Waals surface area contributed by atoms with Crippen molar-refractivity contribution in [2.45, 2.75) is 51.1 Å². The minimum atomic E-state index is -0.903. The highest BCUT2D eigenvalue weighted by atomic mass is 35.5. The number of nitrogens with zero attached hydrogens (tertiary/aromatic N) is 2. The van der Waals surface area contributed by atoms with Crippen LogP contribution in [0.5, 0.6) is 0 Å². The molecule has 0 saturated carbocycles. The van der Waals surface area contributed by atoms with Gasteiger partial charge >= 0.3 is 5.97 Å². The first-order chi connectivity index (χ1) is 15.1. The molecule has 0 aliphatic heterocycles. The van der Waals surface area contributed by atoms with Crippen molar-refractivity contribution in [1.82, 2.24) is 14.9 Å². The van der Waals surface area contributed by atoms with E-state index < -0.39 is 12.0 Å². The van der Waals surface area contributed by atoms with Gasteiger partial charge in [-0.1, -0.05) is 81.1 Å². The molecular formula is C25H28ClN3O3. The zero-order valence-corrected chi connectivity index (χ0v) is 18.8. The number of rotatable bonds is 9. The summed E-state index contributed by atoms with van der Waals surface area (Å²) in [4.78, 5) is 28.9. The van der Waals surface area contributed by atoms with Gasteiger partial charge in [0.05, 0.1) is 12.4 Å². The number of unbranched alkanes of at least 4 members (excludes halogenated alkanes) is 3. The number of nitrogens with one attached hydrogen (secondary N) is 1. The van der Waals surface area contributed by atoms with E-state index in [4.69, 9.17) is 0 Å². The van der Waals surface area contributed by atoms with Crippen molar-refractivity contribution in [2.24, 2.45) is 0 Å². The first-order valence-electron chi connectivity index (χ1n) is 10.9. The third kappa shape index (κ3) is 4.70. The summed E-state index contributed by atoms with van der Waals surface area (Å²) in [6.07, 6.45) is 7.54. The van der Waals surface area contributed by atoms with E-state index in [0.29, 0.717) is 6.42 Å². The molecule has 3 aromatic rings. The molecule has 32 heavy (non-hydrogen) atoms. The van der Waals surface area contributed by atoms with Crippen LogP contribution in [0, 0.1) is 0 Å². The highest BCUT2D eigenvalue weighted by molar-refractivity contribution is 5.94. The maximum atomic E-state index is 13.0. The summed E-state index contributed by atoms with van der Waals surface area (Å²) < 4.78 is 1.54. The number of aliphatic carboxylic acids is 1. The molecule has 6 nitrogen and oxygen atoms in total. The van der Waals surface area contributed by atoms with Gasteiger partial charge in [0.2, 0.25) is 0 Å². The van der Waals surface area contributed by atoms with Crippen molar-refractivity contribution >= 4 is 24.3 Å². The first-order valence-corrected chi connectivity index (χ1v) is 10.9. The second-order valence-corrected chi connectivity index (χ2v) is 7.99. The highest BCUT2D eigenvalue weighted by Crippen LogP contribution is 2.43. The summed E-state index contributed by atoms with van der Waals surface area (Å²) in [6.45, 7) is 2.12. The first kappa shape index (κ1) is 23.5. The SMILES string of the molecule is CCCCCCC(C(=O)O)n1cnc(C(=O)NC2c3ccccc3-c3ccccc32)c1.Cl. The Morgan fingerprint density at radius 3 is 2.25 bits per heavy atom. The Morgan fingerprint density at radius 2 is 1.66 bits per heavy atom. The van der Waals surface area contributed by atoms with Crippen LogP contribution in [0.25, 0.3) is 11.1 Å². The molecule has 1 aromatic heterocycles. The number of amides is 1. The van der Waals surface area contributed by atoms with Crippen molar-refractivity contribution in [1.29, 1.82) is 0 Å². The van der Waals surface area contributed by atoms with Gasteiger partial charge in [-0.15, -0.1) is 12.4 Å². The molecule has 0 radical (unpaired) electrons. The Hall–Kier alpha value is -3.12. The Kier molecular flexibility index (Phi) is 7.70. The summed E-state index contributed by atoms with van der Waals surface area (Å²) in [7, 11) is 0. The van der Waals surface area contributed by atoms with Gasteiger partial charge < -0.3 is 15.0 Å². The van der Waals surface area contributed by atoms with Gasteiger partial charge in [-0.3, -0.25) is 4.79 Å². The van der Waals surface area contributed by atoms with Gasteiger partial charge in [0, 0.05) is 6.20 Å². The Morgan fingerprint density at radius 1 is 1.03 bits per heavy atom. The number of hydrogen-bond acceptors (Lipinski definition) is 3. The topological polar surface area (TPSA) is 84.2 Å². The summed E-state index contributed by atoms with van der Waals surface area (Å²) >= 11 is 0. The molecule has 0 bridgehead atoms. The highest BCUT2D eigenvalue weighted by Gasteiger charge is 2.30. The Balaban J connectivity index is 0.00000289. The van der Waals surface area contributed by atoms with Gasteiger partial charge in [-0.05, 0) is 28.7 Å². The molecular weight excluding hydrogens is 426 g/mol. The Bertz CT molecular complexity index is 1050. The van der Waals surface area contributed by atoms with Crippen LogP contribution in [0.4, 0.5) is 0 Å². The molecule has 4 rings (SSSR count). The minimum absolute atomic E-state index is 0. The standard InChI is InChI=1S/C25H27N3O3.ClH/c1-2-3-4-5-14-22(25(30)31)28-15-21(26-16-28)24(29)27-23-19-12-8-6-10-17(19)18-11-7-9-13-20(18)23;/h6-13,15-16,22-23H,2-5,14H2,1H3,(H,27,29)(H,30,31);1H. The van der Waals surface area contributed by atoms with Gasteiger partial charge in [0.1, 0.15) is 11.7 Å². The summed E-state index contributed by atoms with van der Waals surface area (Å²) in [5.41, 5.74) is 4.56. The number of aromatic nitrogens is 2. The van der Waals surface area contributed by atoms with Crippen molar-refractivity contribution in [3.05, 3.63) is 77.9 Å². The van der Waals surface area contributed by atoms with Crippen molar-refractivity contribution in [3.63, 3.8) is 0 Å². The van der Waals surface area contributed by atoms with Gasteiger partial charge in [0.25, 0.3) is 5.91 Å². The number of imidazole rings is 1. The lowest BCUT2D eigenvalue weighted by Gasteiger charge is -2.15. The molecule has 1 amide bonds. The number of carbonyl (C=O) groups excluding carboxylic acids is 1. The maximum Gasteiger partial charge on any atom is 0.326 e. The summed E-state index contributed by atoms with van der Waals surface area (Å²) in [6, 6.07) is 15.1. The second kappa shape index (κ2) is 10.5. The van der Waals surface area contributed by atoms with E-state index in [1.165, 1.54) is 6.33 Å². The van der Waals surface area contributed by atoms with Crippen LogP contribution < -0.4 is 5.32 Å². The molecule has 1 aliphatic rings. The van der Waals surface area contributed by atoms with Crippen LogP contribution in [0.1, 0.15) is 72.7 Å². The number of fused-ring (bicyclic) bond motifs is 3. The Labute approximate surface area is 194 Å². The van der Waals surface area contributed by atoms with E-state index in [9.17, 15) is 14.7 Å². The molecule has 1 atom stereocenters. The van der Waals surface area contributed by atoms with E-state index in [-0.39, 0.29) is 30.0 Å². The lowest BCUT2D eigenvalue weighted by atomic mass is 10.1. The quantitative estimate of drug-likeness (QED) is 0.425. The van der Waals surface area contributed by atoms with Crippen LogP contribution in [0.2, 0.25) is 0 Å². The normalized spacial score (nSPS) is 13.0. The van der Waals surface area contributed by atoms with E-state index in [0.717, 1.165) is 47.9 Å². The average Bonchev–Trinajstić information content (AvgIpc) is 3.38. The molecule has 0 fully saturated rings. The van der Waals surface area contributed by atoms with E-state index in [1.54, 1.807) is 10.8 Å². The smallest absolute Gasteiger partial charge is 0.326 e. The fourth-order valence-electron chi connectivity index (χ4n) is 4.31. The van der Waals surface area contributed by atoms with Crippen molar-refractivity contribution in [3.8, 4) is 11.1 Å². The van der Waals surface area contributed by atoms with Crippen LogP contribution in [0.3, 0.4) is 0 Å². The molecule has 168 valence electrons. The minimum Gasteiger partial charge on any atom is -0.480 e. The fraction of sp³-hybridized carbons (Fsp3) is 0.320. The molecule has 0 saturated heterocycles. The second-order valence-electron chi connectivity index (χ2n) is 7.99. The maximum absolute atomic E-state index is 13.0. The lowest BCUT2D eigenvalue weighted by molar-refractivity contribution is -0.141. The molecule has 2 N–H and O–H groups in total. The molecule has 0 spiro atoms. The number of benzene rings is 2. The van der Waals surface area contributed by atoms with Crippen molar-refractivity contribution < 1.29 is 14.7 Å². The summed E-state index contributed by atoms with van der Waals surface area (Å²) in [5.74, 6) is -1.22. The van der Waals surface area contributed by atoms with Crippen LogP contribution in [0.15, 0.2) is 61.1 Å². The molecule has 2 aromatic carbocycles. The predicted molar refractivity (Wildman–Crippen MR) is 126 cm³/mol.